The summed E-state index contributed by atoms with van der Waals surface area (Å²) < 4.78 is 4.56. The molecule has 0 saturated carbocycles. The fourth-order valence-corrected chi connectivity index (χ4v) is 1.99. The molecular formula is C17H19NO2. The minimum atomic E-state index is -0.459. The third kappa shape index (κ3) is 3.38. The van der Waals surface area contributed by atoms with Crippen molar-refractivity contribution < 1.29 is 9.53 Å². The molecule has 0 fully saturated rings. The van der Waals surface area contributed by atoms with Crippen LogP contribution in [0.25, 0.3) is 11.1 Å². The molecule has 1 amide bonds. The molecule has 0 spiro atoms. The molecule has 0 bridgehead atoms. The van der Waals surface area contributed by atoms with Gasteiger partial charge in [-0.05, 0) is 34.7 Å². The first-order chi connectivity index (χ1) is 9.60. The summed E-state index contributed by atoms with van der Waals surface area (Å²) in [6.45, 7) is 4.37. The molecule has 3 nitrogen and oxygen atoms in total. The van der Waals surface area contributed by atoms with E-state index in [2.05, 4.69) is 48.2 Å². The number of carbonyl (C=O) groups excluding carboxylic acids is 1. The highest BCUT2D eigenvalue weighted by molar-refractivity contribution is 5.85. The predicted molar refractivity (Wildman–Crippen MR) is 82.0 cm³/mol. The monoisotopic (exact) mass is 269 g/mol. The van der Waals surface area contributed by atoms with Crippen LogP contribution in [0.2, 0.25) is 0 Å². The quantitative estimate of drug-likeness (QED) is 0.880. The molecule has 0 aliphatic carbocycles. The van der Waals surface area contributed by atoms with E-state index in [0.717, 1.165) is 11.3 Å². The number of benzene rings is 2. The first-order valence-electron chi connectivity index (χ1n) is 6.65. The Bertz CT molecular complexity index is 588. The summed E-state index contributed by atoms with van der Waals surface area (Å²) in [5.74, 6) is 0.509. The number of hydrogen-bond donors (Lipinski definition) is 1. The fraction of sp³-hybridized carbons (Fsp3) is 0.235. The number of nitrogens with one attached hydrogen (secondary N) is 1. The lowest BCUT2D eigenvalue weighted by atomic mass is 9.97. The van der Waals surface area contributed by atoms with Gasteiger partial charge in [0, 0.05) is 5.69 Å². The predicted octanol–water partition coefficient (Wildman–Crippen LogP) is 4.66. The Labute approximate surface area is 119 Å². The zero-order chi connectivity index (χ0) is 14.5. The van der Waals surface area contributed by atoms with Crippen molar-refractivity contribution in [3.63, 3.8) is 0 Å². The summed E-state index contributed by atoms with van der Waals surface area (Å²) in [6, 6.07) is 16.2. The molecule has 0 heterocycles. The van der Waals surface area contributed by atoms with Gasteiger partial charge in [0.1, 0.15) is 0 Å². The van der Waals surface area contributed by atoms with Gasteiger partial charge in [-0.25, -0.2) is 4.79 Å². The first kappa shape index (κ1) is 14.1. The molecule has 1 N–H and O–H groups in total. The van der Waals surface area contributed by atoms with E-state index in [1.165, 1.54) is 18.2 Å². The molecule has 2 aromatic rings. The topological polar surface area (TPSA) is 38.3 Å². The smallest absolute Gasteiger partial charge is 0.411 e. The summed E-state index contributed by atoms with van der Waals surface area (Å²) in [5.41, 5.74) is 4.35. The van der Waals surface area contributed by atoms with E-state index in [1.807, 2.05) is 24.3 Å². The first-order valence-corrected chi connectivity index (χ1v) is 6.65. The van der Waals surface area contributed by atoms with Crippen LogP contribution in [0.4, 0.5) is 10.5 Å². The van der Waals surface area contributed by atoms with E-state index in [1.54, 1.807) is 0 Å². The Morgan fingerprint density at radius 3 is 2.35 bits per heavy atom. The minimum Gasteiger partial charge on any atom is -0.453 e. The molecule has 0 aliphatic rings. The van der Waals surface area contributed by atoms with E-state index in [4.69, 9.17) is 0 Å². The lowest BCUT2D eigenvalue weighted by Crippen LogP contribution is -2.10. The highest BCUT2D eigenvalue weighted by atomic mass is 16.5. The Balaban J connectivity index is 2.21. The van der Waals surface area contributed by atoms with Crippen LogP contribution in [-0.2, 0) is 4.74 Å². The van der Waals surface area contributed by atoms with Crippen LogP contribution in [0.5, 0.6) is 0 Å². The summed E-state index contributed by atoms with van der Waals surface area (Å²) in [6.07, 6.45) is -0.459. The van der Waals surface area contributed by atoms with E-state index in [-0.39, 0.29) is 0 Å². The summed E-state index contributed by atoms with van der Waals surface area (Å²) in [7, 11) is 1.35. The SMILES string of the molecule is COC(=O)Nc1ccc(-c2cccc(C(C)C)c2)cc1. The number of carbonyl (C=O) groups is 1. The van der Waals surface area contributed by atoms with Gasteiger partial charge in [0.15, 0.2) is 0 Å². The zero-order valence-corrected chi connectivity index (χ0v) is 12.0. The molecule has 2 aromatic carbocycles. The highest BCUT2D eigenvalue weighted by Crippen LogP contribution is 2.25. The molecule has 2 rings (SSSR count). The van der Waals surface area contributed by atoms with Crippen LogP contribution in [0.15, 0.2) is 48.5 Å². The van der Waals surface area contributed by atoms with Crippen LogP contribution in [-0.4, -0.2) is 13.2 Å². The number of ether oxygens (including phenoxy) is 1. The molecular weight excluding hydrogens is 250 g/mol. The van der Waals surface area contributed by atoms with Crippen LogP contribution in [0, 0.1) is 0 Å². The maximum Gasteiger partial charge on any atom is 0.411 e. The number of hydrogen-bond acceptors (Lipinski definition) is 2. The maximum absolute atomic E-state index is 11.1. The Morgan fingerprint density at radius 1 is 1.05 bits per heavy atom. The van der Waals surface area contributed by atoms with Gasteiger partial charge >= 0.3 is 6.09 Å². The lowest BCUT2D eigenvalue weighted by Gasteiger charge is -2.09. The summed E-state index contributed by atoms with van der Waals surface area (Å²) in [5, 5.41) is 2.64. The van der Waals surface area contributed by atoms with E-state index in [9.17, 15) is 4.79 Å². The van der Waals surface area contributed by atoms with Crippen molar-refractivity contribution in [2.24, 2.45) is 0 Å². The van der Waals surface area contributed by atoms with Crippen molar-refractivity contribution in [1.29, 1.82) is 0 Å². The van der Waals surface area contributed by atoms with Gasteiger partial charge in [0.2, 0.25) is 0 Å². The minimum absolute atomic E-state index is 0.459. The second-order valence-corrected chi connectivity index (χ2v) is 4.97. The molecule has 0 unspecified atom stereocenters. The summed E-state index contributed by atoms with van der Waals surface area (Å²) in [4.78, 5) is 11.1. The van der Waals surface area contributed by atoms with Crippen molar-refractivity contribution in [2.75, 3.05) is 12.4 Å². The van der Waals surface area contributed by atoms with Gasteiger partial charge in [-0.3, -0.25) is 5.32 Å². The van der Waals surface area contributed by atoms with Gasteiger partial charge in [-0.2, -0.15) is 0 Å². The van der Waals surface area contributed by atoms with Gasteiger partial charge < -0.3 is 4.74 Å². The molecule has 0 saturated heterocycles. The van der Waals surface area contributed by atoms with Crippen molar-refractivity contribution in [1.82, 2.24) is 0 Å². The Kier molecular flexibility index (Phi) is 4.41. The van der Waals surface area contributed by atoms with Gasteiger partial charge in [-0.15, -0.1) is 0 Å². The van der Waals surface area contributed by atoms with Crippen LogP contribution in [0.1, 0.15) is 25.3 Å². The van der Waals surface area contributed by atoms with Crippen LogP contribution in [0.3, 0.4) is 0 Å². The largest absolute Gasteiger partial charge is 0.453 e. The average molecular weight is 269 g/mol. The second-order valence-electron chi connectivity index (χ2n) is 4.97. The van der Waals surface area contributed by atoms with Crippen molar-refractivity contribution in [2.45, 2.75) is 19.8 Å². The standard InChI is InChI=1S/C17H19NO2/c1-12(2)14-5-4-6-15(11-14)13-7-9-16(10-8-13)18-17(19)20-3/h4-12H,1-3H3,(H,18,19). The third-order valence-corrected chi connectivity index (χ3v) is 3.20. The molecule has 0 aromatic heterocycles. The normalized spacial score (nSPS) is 10.4. The number of methoxy groups -OCH3 is 1. The van der Waals surface area contributed by atoms with E-state index in [0.29, 0.717) is 5.92 Å². The number of rotatable bonds is 3. The van der Waals surface area contributed by atoms with Gasteiger partial charge in [-0.1, -0.05) is 50.2 Å². The third-order valence-electron chi connectivity index (χ3n) is 3.20. The van der Waals surface area contributed by atoms with Gasteiger partial charge in [0.05, 0.1) is 7.11 Å². The summed E-state index contributed by atoms with van der Waals surface area (Å²) >= 11 is 0. The lowest BCUT2D eigenvalue weighted by molar-refractivity contribution is 0.187. The fourth-order valence-electron chi connectivity index (χ4n) is 1.99. The van der Waals surface area contributed by atoms with Crippen LogP contribution >= 0.6 is 0 Å². The Hall–Kier alpha value is -2.29. The van der Waals surface area contributed by atoms with Gasteiger partial charge in [0.25, 0.3) is 0 Å². The molecule has 3 heteroatoms. The van der Waals surface area contributed by atoms with Crippen molar-refractivity contribution in [3.8, 4) is 11.1 Å². The van der Waals surface area contributed by atoms with Crippen LogP contribution < -0.4 is 5.32 Å². The molecule has 0 aliphatic heterocycles. The second kappa shape index (κ2) is 6.24. The molecule has 104 valence electrons. The number of anilines is 1. The molecule has 0 radical (unpaired) electrons. The molecule has 0 atom stereocenters. The van der Waals surface area contributed by atoms with Crippen molar-refractivity contribution in [3.05, 3.63) is 54.1 Å². The maximum atomic E-state index is 11.1. The number of amides is 1. The average Bonchev–Trinajstić information content (AvgIpc) is 2.48. The Morgan fingerprint density at radius 2 is 1.75 bits per heavy atom. The highest BCUT2D eigenvalue weighted by Gasteiger charge is 2.04. The zero-order valence-electron chi connectivity index (χ0n) is 12.0. The van der Waals surface area contributed by atoms with Crippen molar-refractivity contribution >= 4 is 11.8 Å². The van der Waals surface area contributed by atoms with E-state index < -0.39 is 6.09 Å². The molecule has 20 heavy (non-hydrogen) atoms. The van der Waals surface area contributed by atoms with E-state index >= 15 is 0 Å².